The van der Waals surface area contributed by atoms with Crippen molar-refractivity contribution in [2.45, 2.75) is 33.0 Å². The van der Waals surface area contributed by atoms with Crippen molar-refractivity contribution in [1.29, 1.82) is 0 Å². The number of hydrogen-bond acceptors (Lipinski definition) is 5. The molecule has 2 amide bonds. The summed E-state index contributed by atoms with van der Waals surface area (Å²) < 4.78 is 39.7. The number of nitrogens with zero attached hydrogens (tertiary/aromatic N) is 4. The van der Waals surface area contributed by atoms with Crippen molar-refractivity contribution in [3.63, 3.8) is 0 Å². The molecule has 0 bridgehead atoms. The Morgan fingerprint density at radius 2 is 1.89 bits per heavy atom. The zero-order chi connectivity index (χ0) is 20.7. The van der Waals surface area contributed by atoms with Crippen LogP contribution in [0, 0.1) is 13.8 Å². The second-order valence-electron chi connectivity index (χ2n) is 5.99. The Kier molecular flexibility index (Phi) is 5.85. The van der Waals surface area contributed by atoms with Gasteiger partial charge in [0.15, 0.2) is 10.8 Å². The Morgan fingerprint density at radius 3 is 2.37 bits per heavy atom. The van der Waals surface area contributed by atoms with E-state index in [4.69, 9.17) is 11.6 Å². The highest BCUT2D eigenvalue weighted by atomic mass is 35.5. The molecule has 2 rings (SSSR count). The Morgan fingerprint density at radius 1 is 1.30 bits per heavy atom. The van der Waals surface area contributed by atoms with E-state index in [9.17, 15) is 22.8 Å². The molecule has 0 aliphatic carbocycles. The molecule has 0 fully saturated rings. The van der Waals surface area contributed by atoms with Gasteiger partial charge >= 0.3 is 6.18 Å². The minimum Gasteiger partial charge on any atom is -0.344 e. The van der Waals surface area contributed by atoms with E-state index in [1.165, 1.54) is 18.7 Å². The third kappa shape index (κ3) is 4.24. The van der Waals surface area contributed by atoms with Crippen LogP contribution in [0.2, 0.25) is 5.02 Å². The van der Waals surface area contributed by atoms with E-state index in [-0.39, 0.29) is 16.7 Å². The molecule has 0 saturated carbocycles. The van der Waals surface area contributed by atoms with E-state index < -0.39 is 28.8 Å². The fraction of sp³-hybridized carbons (Fsp3) is 0.467. The molecule has 2 aromatic rings. The molecule has 0 radical (unpaired) electrons. The lowest BCUT2D eigenvalue weighted by Gasteiger charge is -2.13. The van der Waals surface area contributed by atoms with Gasteiger partial charge < -0.3 is 10.2 Å². The Balaban J connectivity index is 2.25. The highest BCUT2D eigenvalue weighted by Gasteiger charge is 2.39. The van der Waals surface area contributed by atoms with Gasteiger partial charge in [0.1, 0.15) is 10.9 Å². The number of alkyl halides is 3. The first-order valence-corrected chi connectivity index (χ1v) is 8.85. The Hall–Kier alpha value is -2.14. The first-order valence-electron chi connectivity index (χ1n) is 7.66. The molecule has 2 aromatic heterocycles. The summed E-state index contributed by atoms with van der Waals surface area (Å²) in [6.45, 7) is 4.35. The van der Waals surface area contributed by atoms with Crippen molar-refractivity contribution < 1.29 is 22.8 Å². The number of carbonyl (C=O) groups excluding carboxylic acids is 2. The molecule has 12 heteroatoms. The van der Waals surface area contributed by atoms with Gasteiger partial charge in [0.2, 0.25) is 0 Å². The summed E-state index contributed by atoms with van der Waals surface area (Å²) in [5.41, 5.74) is -0.782. The lowest BCUT2D eigenvalue weighted by Crippen LogP contribution is -2.25. The molecule has 2 heterocycles. The zero-order valence-corrected chi connectivity index (χ0v) is 16.7. The maximum atomic E-state index is 12.9. The molecule has 27 heavy (non-hydrogen) atoms. The average Bonchev–Trinajstić information content (AvgIpc) is 3.06. The molecule has 0 aliphatic heterocycles. The number of amides is 2. The third-order valence-electron chi connectivity index (χ3n) is 3.72. The minimum atomic E-state index is -4.73. The normalized spacial score (nSPS) is 12.8. The Labute approximate surface area is 162 Å². The van der Waals surface area contributed by atoms with E-state index in [1.807, 2.05) is 0 Å². The number of thiazole rings is 1. The molecule has 0 aliphatic rings. The van der Waals surface area contributed by atoms with Gasteiger partial charge in [-0.1, -0.05) is 22.9 Å². The maximum Gasteiger partial charge on any atom is 0.436 e. The molecule has 1 N–H and O–H groups in total. The largest absolute Gasteiger partial charge is 0.436 e. The SMILES string of the molecule is Cc1nc(NC(=O)[C@@H](C)n2nc(C(F)(F)F)c(Cl)c2C)sc1C(=O)N(C)C. The monoisotopic (exact) mass is 423 g/mol. The second-order valence-corrected chi connectivity index (χ2v) is 7.37. The predicted octanol–water partition coefficient (Wildman–Crippen LogP) is 3.53. The van der Waals surface area contributed by atoms with Crippen molar-refractivity contribution in [1.82, 2.24) is 19.7 Å². The first-order chi connectivity index (χ1) is 12.3. The molecular weight excluding hydrogens is 407 g/mol. The first kappa shape index (κ1) is 21.2. The molecule has 0 saturated heterocycles. The van der Waals surface area contributed by atoms with Gasteiger partial charge in [-0.3, -0.25) is 14.3 Å². The van der Waals surface area contributed by atoms with Gasteiger partial charge in [-0.15, -0.1) is 0 Å². The molecular formula is C15H17ClF3N5O2S. The number of hydrogen-bond donors (Lipinski definition) is 1. The summed E-state index contributed by atoms with van der Waals surface area (Å²) in [6, 6.07) is -1.07. The van der Waals surface area contributed by atoms with E-state index >= 15 is 0 Å². The topological polar surface area (TPSA) is 80.1 Å². The summed E-state index contributed by atoms with van der Waals surface area (Å²) in [5, 5.41) is 5.56. The van der Waals surface area contributed by atoms with Crippen LogP contribution in [0.4, 0.5) is 18.3 Å². The van der Waals surface area contributed by atoms with E-state index in [1.54, 1.807) is 21.0 Å². The van der Waals surface area contributed by atoms with Crippen molar-refractivity contribution in [3.8, 4) is 0 Å². The molecule has 0 spiro atoms. The lowest BCUT2D eigenvalue weighted by atomic mass is 10.3. The van der Waals surface area contributed by atoms with Crippen LogP contribution in [0.1, 0.15) is 39.7 Å². The number of halogens is 4. The summed E-state index contributed by atoms with van der Waals surface area (Å²) in [7, 11) is 3.18. The highest BCUT2D eigenvalue weighted by Crippen LogP contribution is 2.36. The summed E-state index contributed by atoms with van der Waals surface area (Å²) in [5.74, 6) is -0.897. The predicted molar refractivity (Wildman–Crippen MR) is 95.2 cm³/mol. The summed E-state index contributed by atoms with van der Waals surface area (Å²) in [4.78, 5) is 30.3. The van der Waals surface area contributed by atoms with Crippen LogP contribution in [-0.2, 0) is 11.0 Å². The van der Waals surface area contributed by atoms with Gasteiger partial charge in [-0.05, 0) is 20.8 Å². The van der Waals surface area contributed by atoms with Gasteiger partial charge in [-0.25, -0.2) is 4.98 Å². The van der Waals surface area contributed by atoms with Crippen molar-refractivity contribution >= 4 is 39.9 Å². The summed E-state index contributed by atoms with van der Waals surface area (Å²) in [6.07, 6.45) is -4.73. The van der Waals surface area contributed by atoms with Crippen LogP contribution in [0.3, 0.4) is 0 Å². The quantitative estimate of drug-likeness (QED) is 0.815. The fourth-order valence-corrected chi connectivity index (χ4v) is 3.45. The second kappa shape index (κ2) is 7.47. The molecule has 148 valence electrons. The standard InChI is InChI=1S/C15H17ClF3N5O2S/c1-6-10(13(26)23(4)5)27-14(20-6)21-12(25)8(3)24-7(2)9(16)11(22-24)15(17,18)19/h8H,1-5H3,(H,20,21,25)/t8-/m1/s1. The van der Waals surface area contributed by atoms with E-state index in [0.29, 0.717) is 10.6 Å². The highest BCUT2D eigenvalue weighted by molar-refractivity contribution is 7.17. The van der Waals surface area contributed by atoms with Gasteiger partial charge in [0.25, 0.3) is 11.8 Å². The maximum absolute atomic E-state index is 12.9. The molecule has 0 aromatic carbocycles. The molecule has 7 nitrogen and oxygen atoms in total. The summed E-state index contributed by atoms with van der Waals surface area (Å²) >= 11 is 6.69. The van der Waals surface area contributed by atoms with Gasteiger partial charge in [0, 0.05) is 14.1 Å². The van der Waals surface area contributed by atoms with Crippen LogP contribution in [0.5, 0.6) is 0 Å². The number of nitrogens with one attached hydrogen (secondary N) is 1. The number of anilines is 1. The molecule has 1 atom stereocenters. The van der Waals surface area contributed by atoms with E-state index in [0.717, 1.165) is 16.0 Å². The van der Waals surface area contributed by atoms with Crippen molar-refractivity contribution in [2.75, 3.05) is 19.4 Å². The fourth-order valence-electron chi connectivity index (χ4n) is 2.23. The number of rotatable bonds is 4. The number of aromatic nitrogens is 3. The number of carbonyl (C=O) groups is 2. The van der Waals surface area contributed by atoms with Crippen LogP contribution in [-0.4, -0.2) is 45.6 Å². The van der Waals surface area contributed by atoms with Gasteiger partial charge in [0.05, 0.1) is 16.4 Å². The Bertz CT molecular complexity index is 891. The van der Waals surface area contributed by atoms with Crippen molar-refractivity contribution in [2.24, 2.45) is 0 Å². The zero-order valence-electron chi connectivity index (χ0n) is 15.1. The third-order valence-corrected chi connectivity index (χ3v) is 5.23. The smallest absolute Gasteiger partial charge is 0.344 e. The van der Waals surface area contributed by atoms with E-state index in [2.05, 4.69) is 15.4 Å². The van der Waals surface area contributed by atoms with Crippen LogP contribution in [0.15, 0.2) is 0 Å². The lowest BCUT2D eigenvalue weighted by molar-refractivity contribution is -0.141. The van der Waals surface area contributed by atoms with Crippen molar-refractivity contribution in [3.05, 3.63) is 27.0 Å². The molecule has 0 unspecified atom stereocenters. The average molecular weight is 424 g/mol. The van der Waals surface area contributed by atoms with Crippen LogP contribution < -0.4 is 5.32 Å². The van der Waals surface area contributed by atoms with Crippen LogP contribution in [0.25, 0.3) is 0 Å². The minimum absolute atomic E-state index is 0.0189. The van der Waals surface area contributed by atoms with Crippen LogP contribution >= 0.6 is 22.9 Å². The number of aryl methyl sites for hydroxylation is 1. The van der Waals surface area contributed by atoms with Gasteiger partial charge in [-0.2, -0.15) is 18.3 Å².